The summed E-state index contributed by atoms with van der Waals surface area (Å²) in [6.07, 6.45) is 3.09. The lowest BCUT2D eigenvalue weighted by molar-refractivity contribution is -0.137. The number of thioether (sulfide) groups is 1. The molecule has 0 aliphatic carbocycles. The fraction of sp³-hybridized carbons (Fsp3) is 0.900. The molecule has 0 aromatic carbocycles. The molecule has 0 spiro atoms. The Morgan fingerprint density at radius 3 is 3.18 bits per heavy atom. The fourth-order valence-corrected chi connectivity index (χ4v) is 3.85. The second kappa shape index (κ2) is 6.55. The van der Waals surface area contributed by atoms with E-state index >= 15 is 0 Å². The fourth-order valence-electron chi connectivity index (χ4n) is 2.27. The molecule has 0 bridgehead atoms. The third-order valence-corrected chi connectivity index (χ3v) is 4.67. The Hall–Kier alpha value is -0.340. The summed E-state index contributed by atoms with van der Waals surface area (Å²) in [4.78, 5) is 15.5. The highest BCUT2D eigenvalue weighted by atomic mass is 32.2. The number of carboxylic acid groups (broad SMARTS) is 1. The molecule has 2 heterocycles. The lowest BCUT2D eigenvalue weighted by Crippen LogP contribution is -2.49. The number of hydrogen-bond donors (Lipinski definition) is 4. The van der Waals surface area contributed by atoms with Gasteiger partial charge in [0.2, 0.25) is 0 Å². The lowest BCUT2D eigenvalue weighted by Gasteiger charge is -2.21. The van der Waals surface area contributed by atoms with Crippen molar-refractivity contribution in [3.05, 3.63) is 0 Å². The first-order chi connectivity index (χ1) is 8.27. The minimum absolute atomic E-state index is 0.280. The van der Waals surface area contributed by atoms with E-state index in [1.165, 1.54) is 0 Å². The van der Waals surface area contributed by atoms with E-state index in [0.717, 1.165) is 25.0 Å². The standard InChI is InChI=1S/C10H19N3O3S/c14-9(15)4-2-1-3-8-10-7(5-17-8)12-13-16-6-11-10/h7-8,10-13H,1-6H2,(H,14,15). The van der Waals surface area contributed by atoms with Crippen molar-refractivity contribution >= 4 is 17.7 Å². The summed E-state index contributed by atoms with van der Waals surface area (Å²) in [6, 6.07) is 0.784. The highest BCUT2D eigenvalue weighted by molar-refractivity contribution is 8.00. The van der Waals surface area contributed by atoms with Crippen LogP contribution in [-0.4, -0.2) is 40.9 Å². The molecular formula is C10H19N3O3S. The Kier molecular flexibility index (Phi) is 5.05. The van der Waals surface area contributed by atoms with Crippen molar-refractivity contribution in [3.63, 3.8) is 0 Å². The van der Waals surface area contributed by atoms with E-state index in [1.807, 2.05) is 11.8 Å². The molecule has 0 saturated carbocycles. The summed E-state index contributed by atoms with van der Waals surface area (Å²) in [5, 5.41) is 12.5. The average molecular weight is 261 g/mol. The number of hydrazine groups is 1. The molecule has 0 aromatic rings. The van der Waals surface area contributed by atoms with Crippen LogP contribution < -0.4 is 16.3 Å². The number of carbonyl (C=O) groups is 1. The zero-order valence-corrected chi connectivity index (χ0v) is 10.5. The summed E-state index contributed by atoms with van der Waals surface area (Å²) in [7, 11) is 0. The van der Waals surface area contributed by atoms with Crippen LogP contribution in [0, 0.1) is 0 Å². The molecule has 2 aliphatic heterocycles. The molecule has 2 saturated heterocycles. The van der Waals surface area contributed by atoms with Crippen LogP contribution >= 0.6 is 11.8 Å². The Morgan fingerprint density at radius 2 is 2.35 bits per heavy atom. The summed E-state index contributed by atoms with van der Waals surface area (Å²) in [5.41, 5.74) is 5.85. The van der Waals surface area contributed by atoms with Crippen LogP contribution in [0.15, 0.2) is 0 Å². The van der Waals surface area contributed by atoms with E-state index in [0.29, 0.717) is 24.1 Å². The van der Waals surface area contributed by atoms with E-state index in [4.69, 9.17) is 9.94 Å². The first-order valence-corrected chi connectivity index (χ1v) is 7.01. The molecule has 0 aromatic heterocycles. The van der Waals surface area contributed by atoms with Gasteiger partial charge >= 0.3 is 5.97 Å². The van der Waals surface area contributed by atoms with Crippen molar-refractivity contribution in [2.75, 3.05) is 12.5 Å². The van der Waals surface area contributed by atoms with Gasteiger partial charge < -0.3 is 5.11 Å². The number of unbranched alkanes of at least 4 members (excludes halogenated alkanes) is 1. The second-order valence-electron chi connectivity index (χ2n) is 4.38. The molecule has 0 amide bonds. The van der Waals surface area contributed by atoms with Crippen molar-refractivity contribution in [1.82, 2.24) is 16.3 Å². The Balaban J connectivity index is 1.71. The van der Waals surface area contributed by atoms with Gasteiger partial charge in [0, 0.05) is 29.5 Å². The van der Waals surface area contributed by atoms with E-state index in [1.54, 1.807) is 0 Å². The Labute approximate surface area is 105 Å². The van der Waals surface area contributed by atoms with Gasteiger partial charge in [-0.05, 0) is 12.8 Å². The number of fused-ring (bicyclic) bond motifs is 1. The second-order valence-corrected chi connectivity index (χ2v) is 5.65. The molecule has 6 nitrogen and oxygen atoms in total. The van der Waals surface area contributed by atoms with Gasteiger partial charge in [0.25, 0.3) is 0 Å². The maximum absolute atomic E-state index is 10.4. The largest absolute Gasteiger partial charge is 0.481 e. The molecule has 2 fully saturated rings. The van der Waals surface area contributed by atoms with Gasteiger partial charge in [0.05, 0.1) is 0 Å². The SMILES string of the molecule is O=C(O)CCCCC1SCC2NNOCNC21. The van der Waals surface area contributed by atoms with Gasteiger partial charge in [-0.2, -0.15) is 11.8 Å². The van der Waals surface area contributed by atoms with E-state index in [-0.39, 0.29) is 6.42 Å². The van der Waals surface area contributed by atoms with Gasteiger partial charge in [0.1, 0.15) is 6.73 Å². The van der Waals surface area contributed by atoms with Crippen LogP contribution in [0.5, 0.6) is 0 Å². The van der Waals surface area contributed by atoms with E-state index < -0.39 is 5.97 Å². The first kappa shape index (κ1) is 13.1. The third-order valence-electron chi connectivity index (χ3n) is 3.16. The molecule has 2 rings (SSSR count). The van der Waals surface area contributed by atoms with Crippen molar-refractivity contribution < 1.29 is 14.7 Å². The van der Waals surface area contributed by atoms with Crippen LogP contribution in [0.2, 0.25) is 0 Å². The number of hydrogen-bond acceptors (Lipinski definition) is 6. The molecule has 3 unspecified atom stereocenters. The zero-order chi connectivity index (χ0) is 12.1. The predicted molar refractivity (Wildman–Crippen MR) is 65.3 cm³/mol. The predicted octanol–water partition coefficient (Wildman–Crippen LogP) is 0.0705. The van der Waals surface area contributed by atoms with Gasteiger partial charge in [-0.3, -0.25) is 14.9 Å². The summed E-state index contributed by atoms with van der Waals surface area (Å²) >= 11 is 1.95. The van der Waals surface area contributed by atoms with Crippen molar-refractivity contribution in [2.24, 2.45) is 0 Å². The Bertz CT molecular complexity index is 267. The highest BCUT2D eigenvalue weighted by Gasteiger charge is 2.37. The van der Waals surface area contributed by atoms with E-state index in [2.05, 4.69) is 16.3 Å². The molecule has 0 radical (unpaired) electrons. The van der Waals surface area contributed by atoms with Crippen LogP contribution in [0.3, 0.4) is 0 Å². The number of nitrogens with one attached hydrogen (secondary N) is 3. The topological polar surface area (TPSA) is 82.6 Å². The summed E-state index contributed by atoms with van der Waals surface area (Å²) in [5.74, 6) is 0.353. The summed E-state index contributed by atoms with van der Waals surface area (Å²) in [6.45, 7) is 0.500. The van der Waals surface area contributed by atoms with Crippen molar-refractivity contribution in [3.8, 4) is 0 Å². The van der Waals surface area contributed by atoms with Crippen LogP contribution in [0.25, 0.3) is 0 Å². The molecular weight excluding hydrogens is 242 g/mol. The van der Waals surface area contributed by atoms with Gasteiger partial charge in [-0.1, -0.05) is 6.42 Å². The molecule has 7 heteroatoms. The minimum Gasteiger partial charge on any atom is -0.481 e. The maximum atomic E-state index is 10.4. The molecule has 17 heavy (non-hydrogen) atoms. The monoisotopic (exact) mass is 261 g/mol. The normalized spacial score (nSPS) is 33.1. The quantitative estimate of drug-likeness (QED) is 0.521. The minimum atomic E-state index is -0.700. The van der Waals surface area contributed by atoms with Gasteiger partial charge in [0.15, 0.2) is 0 Å². The van der Waals surface area contributed by atoms with Gasteiger partial charge in [-0.25, -0.2) is 5.43 Å². The molecule has 4 N–H and O–H groups in total. The van der Waals surface area contributed by atoms with Gasteiger partial charge in [-0.15, -0.1) is 5.59 Å². The van der Waals surface area contributed by atoms with Crippen molar-refractivity contribution in [2.45, 2.75) is 43.0 Å². The van der Waals surface area contributed by atoms with Crippen LogP contribution in [0.4, 0.5) is 0 Å². The maximum Gasteiger partial charge on any atom is 0.303 e. The molecule has 2 aliphatic rings. The molecule has 98 valence electrons. The highest BCUT2D eigenvalue weighted by Crippen LogP contribution is 2.31. The van der Waals surface area contributed by atoms with Crippen molar-refractivity contribution in [1.29, 1.82) is 0 Å². The number of rotatable bonds is 5. The smallest absolute Gasteiger partial charge is 0.303 e. The first-order valence-electron chi connectivity index (χ1n) is 5.96. The van der Waals surface area contributed by atoms with Crippen LogP contribution in [-0.2, 0) is 9.63 Å². The number of aliphatic carboxylic acids is 1. The Morgan fingerprint density at radius 1 is 1.47 bits per heavy atom. The average Bonchev–Trinajstić information content (AvgIpc) is 2.54. The summed E-state index contributed by atoms with van der Waals surface area (Å²) < 4.78 is 0. The zero-order valence-electron chi connectivity index (χ0n) is 9.65. The van der Waals surface area contributed by atoms with E-state index in [9.17, 15) is 4.79 Å². The third kappa shape index (κ3) is 3.82. The van der Waals surface area contributed by atoms with Crippen LogP contribution in [0.1, 0.15) is 25.7 Å². The molecule has 3 atom stereocenters. The number of carboxylic acids is 1. The lowest BCUT2D eigenvalue weighted by atomic mass is 10.0.